The number of nitrogens with two attached hydrogens (primary N) is 1. The van der Waals surface area contributed by atoms with Gasteiger partial charge in [-0.2, -0.15) is 0 Å². The number of halogens is 2. The van der Waals surface area contributed by atoms with Gasteiger partial charge in [-0.1, -0.05) is 23.7 Å². The number of carbonyl (C=O) groups is 1. The average molecular weight is 288 g/mol. The van der Waals surface area contributed by atoms with Gasteiger partial charge in [0.15, 0.2) is 5.84 Å². The Morgan fingerprint density at radius 2 is 2.26 bits per heavy atom. The molecule has 0 aliphatic rings. The lowest BCUT2D eigenvalue weighted by molar-refractivity contribution is 0.0925. The van der Waals surface area contributed by atoms with Gasteiger partial charge in [0.2, 0.25) is 0 Å². The van der Waals surface area contributed by atoms with Crippen molar-refractivity contribution >= 4 is 23.3 Å². The number of amides is 1. The largest absolute Gasteiger partial charge is 0.409 e. The van der Waals surface area contributed by atoms with Gasteiger partial charge in [0, 0.05) is 5.56 Å². The van der Waals surface area contributed by atoms with Crippen LogP contribution in [0.3, 0.4) is 0 Å². The van der Waals surface area contributed by atoms with Crippen molar-refractivity contribution in [3.63, 3.8) is 0 Å². The van der Waals surface area contributed by atoms with Crippen LogP contribution in [0.4, 0.5) is 4.39 Å². The number of rotatable bonds is 4. The molecule has 19 heavy (non-hydrogen) atoms. The van der Waals surface area contributed by atoms with Crippen LogP contribution < -0.4 is 11.1 Å². The number of benzene rings is 1. The molecule has 1 aromatic rings. The molecule has 1 amide bonds. The zero-order valence-electron chi connectivity index (χ0n) is 10.6. The molecule has 1 aromatic carbocycles. The first kappa shape index (κ1) is 15.2. The third-order valence-corrected chi connectivity index (χ3v) is 3.24. The number of nitrogens with zero attached hydrogens (tertiary/aromatic N) is 1. The molecule has 0 heterocycles. The first-order chi connectivity index (χ1) is 8.84. The molecule has 0 saturated carbocycles. The highest BCUT2D eigenvalue weighted by Gasteiger charge is 2.30. The maximum absolute atomic E-state index is 13.0. The standard InChI is InChI=1S/C12H15ClFN3O2/c1-3-12(2,11(15)17-19)16-10(18)7-4-5-9(14)8(13)6-7/h4-6,19H,3H2,1-2H3,(H2,15,17)(H,16,18). The number of hydrogen-bond donors (Lipinski definition) is 3. The minimum Gasteiger partial charge on any atom is -0.409 e. The summed E-state index contributed by atoms with van der Waals surface area (Å²) in [6, 6.07) is 3.62. The molecule has 0 radical (unpaired) electrons. The van der Waals surface area contributed by atoms with Crippen molar-refractivity contribution in [1.82, 2.24) is 5.32 Å². The van der Waals surface area contributed by atoms with Gasteiger partial charge in [-0.25, -0.2) is 4.39 Å². The van der Waals surface area contributed by atoms with Crippen molar-refractivity contribution in [3.8, 4) is 0 Å². The molecule has 0 aliphatic heterocycles. The minimum atomic E-state index is -0.993. The summed E-state index contributed by atoms with van der Waals surface area (Å²) in [5.74, 6) is -1.21. The van der Waals surface area contributed by atoms with E-state index in [1.165, 1.54) is 12.1 Å². The molecular formula is C12H15ClFN3O2. The predicted octanol–water partition coefficient (Wildman–Crippen LogP) is 2.12. The fourth-order valence-electron chi connectivity index (χ4n) is 1.40. The van der Waals surface area contributed by atoms with Gasteiger partial charge >= 0.3 is 0 Å². The van der Waals surface area contributed by atoms with Gasteiger partial charge < -0.3 is 16.3 Å². The van der Waals surface area contributed by atoms with Crippen molar-refractivity contribution in [2.24, 2.45) is 10.9 Å². The fraction of sp³-hybridized carbons (Fsp3) is 0.333. The normalized spacial score (nSPS) is 14.8. The third kappa shape index (κ3) is 3.35. The zero-order chi connectivity index (χ0) is 14.6. The monoisotopic (exact) mass is 287 g/mol. The van der Waals surface area contributed by atoms with Crippen molar-refractivity contribution in [2.75, 3.05) is 0 Å². The molecule has 104 valence electrons. The van der Waals surface area contributed by atoms with Crippen LogP contribution in [0.1, 0.15) is 30.6 Å². The van der Waals surface area contributed by atoms with E-state index in [1.807, 2.05) is 0 Å². The van der Waals surface area contributed by atoms with E-state index in [-0.39, 0.29) is 16.4 Å². The maximum Gasteiger partial charge on any atom is 0.252 e. The Kier molecular flexibility index (Phi) is 4.72. The Balaban J connectivity index is 2.98. The number of hydrogen-bond acceptors (Lipinski definition) is 3. The number of oxime groups is 1. The second kappa shape index (κ2) is 5.88. The van der Waals surface area contributed by atoms with Crippen LogP contribution in [0.2, 0.25) is 5.02 Å². The van der Waals surface area contributed by atoms with Gasteiger partial charge in [0.25, 0.3) is 5.91 Å². The van der Waals surface area contributed by atoms with Crippen LogP contribution in [0.25, 0.3) is 0 Å². The van der Waals surface area contributed by atoms with E-state index in [1.54, 1.807) is 13.8 Å². The molecule has 0 saturated heterocycles. The van der Waals surface area contributed by atoms with Gasteiger partial charge in [-0.3, -0.25) is 4.79 Å². The smallest absolute Gasteiger partial charge is 0.252 e. The van der Waals surface area contributed by atoms with Crippen LogP contribution in [0, 0.1) is 5.82 Å². The van der Waals surface area contributed by atoms with E-state index in [9.17, 15) is 9.18 Å². The van der Waals surface area contributed by atoms with E-state index in [0.29, 0.717) is 6.42 Å². The minimum absolute atomic E-state index is 0.114. The number of nitrogens with one attached hydrogen (secondary N) is 1. The van der Waals surface area contributed by atoms with Crippen molar-refractivity contribution < 1.29 is 14.4 Å². The van der Waals surface area contributed by atoms with Gasteiger partial charge in [0.05, 0.1) is 10.6 Å². The Morgan fingerprint density at radius 1 is 1.63 bits per heavy atom. The van der Waals surface area contributed by atoms with Crippen LogP contribution in [0.15, 0.2) is 23.4 Å². The Hall–Kier alpha value is -1.82. The van der Waals surface area contributed by atoms with Crippen LogP contribution in [-0.4, -0.2) is 22.5 Å². The first-order valence-electron chi connectivity index (χ1n) is 5.59. The van der Waals surface area contributed by atoms with E-state index in [2.05, 4.69) is 10.5 Å². The predicted molar refractivity (Wildman–Crippen MR) is 71.0 cm³/mol. The summed E-state index contributed by atoms with van der Waals surface area (Å²) in [7, 11) is 0. The molecule has 0 spiro atoms. The summed E-state index contributed by atoms with van der Waals surface area (Å²) in [6.45, 7) is 3.39. The van der Waals surface area contributed by atoms with E-state index < -0.39 is 17.3 Å². The summed E-state index contributed by atoms with van der Waals surface area (Å²) in [5.41, 5.74) is 4.74. The Morgan fingerprint density at radius 3 is 2.74 bits per heavy atom. The SMILES string of the molecule is CCC(C)(NC(=O)c1ccc(F)c(Cl)c1)/C(N)=N/O. The first-order valence-corrected chi connectivity index (χ1v) is 5.97. The third-order valence-electron chi connectivity index (χ3n) is 2.95. The molecule has 1 unspecified atom stereocenters. The highest BCUT2D eigenvalue weighted by atomic mass is 35.5. The van der Waals surface area contributed by atoms with Crippen LogP contribution >= 0.6 is 11.6 Å². The summed E-state index contributed by atoms with van der Waals surface area (Å²) in [5, 5.41) is 14.1. The summed E-state index contributed by atoms with van der Waals surface area (Å²) in [6.07, 6.45) is 0.420. The van der Waals surface area contributed by atoms with Crippen molar-refractivity contribution in [1.29, 1.82) is 0 Å². The summed E-state index contributed by atoms with van der Waals surface area (Å²) in [4.78, 5) is 12.0. The molecule has 0 aliphatic carbocycles. The lowest BCUT2D eigenvalue weighted by Crippen LogP contribution is -2.55. The van der Waals surface area contributed by atoms with E-state index >= 15 is 0 Å². The fourth-order valence-corrected chi connectivity index (χ4v) is 1.58. The number of carbonyl (C=O) groups excluding carboxylic acids is 1. The second-order valence-electron chi connectivity index (χ2n) is 4.25. The van der Waals surface area contributed by atoms with Crippen molar-refractivity contribution in [2.45, 2.75) is 25.8 Å². The molecular weight excluding hydrogens is 273 g/mol. The second-order valence-corrected chi connectivity index (χ2v) is 4.66. The highest BCUT2D eigenvalue weighted by molar-refractivity contribution is 6.31. The lowest BCUT2D eigenvalue weighted by Gasteiger charge is -2.28. The van der Waals surface area contributed by atoms with Crippen LogP contribution in [-0.2, 0) is 0 Å². The van der Waals surface area contributed by atoms with Crippen molar-refractivity contribution in [3.05, 3.63) is 34.6 Å². The zero-order valence-corrected chi connectivity index (χ0v) is 11.3. The molecule has 7 heteroatoms. The van der Waals surface area contributed by atoms with Gasteiger partial charge in [0.1, 0.15) is 5.82 Å². The molecule has 4 N–H and O–H groups in total. The molecule has 5 nitrogen and oxygen atoms in total. The summed E-state index contributed by atoms with van der Waals surface area (Å²) >= 11 is 5.61. The molecule has 0 fully saturated rings. The van der Waals surface area contributed by atoms with Gasteiger partial charge in [-0.05, 0) is 31.5 Å². The molecule has 0 aromatic heterocycles. The molecule has 1 atom stereocenters. The molecule has 1 rings (SSSR count). The average Bonchev–Trinajstić information content (AvgIpc) is 2.40. The quantitative estimate of drug-likeness (QED) is 0.343. The number of amidine groups is 1. The highest BCUT2D eigenvalue weighted by Crippen LogP contribution is 2.17. The van der Waals surface area contributed by atoms with Crippen LogP contribution in [0.5, 0.6) is 0 Å². The van der Waals surface area contributed by atoms with Gasteiger partial charge in [-0.15, -0.1) is 0 Å². The van der Waals surface area contributed by atoms with E-state index in [0.717, 1.165) is 6.07 Å². The maximum atomic E-state index is 13.0. The summed E-state index contributed by atoms with van der Waals surface area (Å²) < 4.78 is 13.0. The molecule has 0 bridgehead atoms. The Labute approximate surface area is 115 Å². The van der Waals surface area contributed by atoms with E-state index in [4.69, 9.17) is 22.5 Å². The topological polar surface area (TPSA) is 87.7 Å². The lowest BCUT2D eigenvalue weighted by atomic mass is 9.97. The Bertz CT molecular complexity index is 522.